The van der Waals surface area contributed by atoms with Gasteiger partial charge >= 0.3 is 12.1 Å². The Balaban J connectivity index is 1.59. The molecule has 2 heterocycles. The number of esters is 1. The molecule has 0 aliphatic carbocycles. The van der Waals surface area contributed by atoms with Crippen molar-refractivity contribution in [1.29, 1.82) is 0 Å². The number of pyridine rings is 1. The number of hydrogen-bond acceptors (Lipinski definition) is 8. The summed E-state index contributed by atoms with van der Waals surface area (Å²) in [6.45, 7) is 0.0852. The van der Waals surface area contributed by atoms with E-state index in [4.69, 9.17) is 15.2 Å². The van der Waals surface area contributed by atoms with Crippen molar-refractivity contribution >= 4 is 23.7 Å². The highest BCUT2D eigenvalue weighted by Crippen LogP contribution is 2.27. The van der Waals surface area contributed by atoms with Gasteiger partial charge in [-0.2, -0.15) is 0 Å². The molecule has 9 nitrogen and oxygen atoms in total. The molecule has 4 rings (SSSR count). The molecule has 1 unspecified atom stereocenters. The number of carbonyl (C=O) groups excluding carboxylic acids is 3. The van der Waals surface area contributed by atoms with Crippen LogP contribution in [0.15, 0.2) is 67.0 Å². The largest absolute Gasteiger partial charge is 0.511 e. The smallest absolute Gasteiger partial charge is 0.426 e. The van der Waals surface area contributed by atoms with Crippen molar-refractivity contribution in [2.24, 2.45) is 5.73 Å². The van der Waals surface area contributed by atoms with Gasteiger partial charge in [-0.25, -0.2) is 9.59 Å². The first kappa shape index (κ1) is 21.0. The Morgan fingerprint density at radius 2 is 1.91 bits per heavy atom. The summed E-state index contributed by atoms with van der Waals surface area (Å²) in [7, 11) is 0. The number of benzene rings is 2. The zero-order valence-corrected chi connectivity index (χ0v) is 16.8. The minimum Gasteiger partial charge on any atom is -0.426 e. The quantitative estimate of drug-likeness (QED) is 0.567. The summed E-state index contributed by atoms with van der Waals surface area (Å²) in [5, 5.41) is 2.81. The van der Waals surface area contributed by atoms with E-state index < -0.39 is 18.4 Å². The van der Waals surface area contributed by atoms with Crippen molar-refractivity contribution in [2.45, 2.75) is 12.8 Å². The SMILES string of the molecule is NCc1ccc(C(=O)Nc2ccncc2)cc1-c1cccc(C(=O)OC2COC(=O)O2)c1. The third kappa shape index (κ3) is 4.73. The third-order valence-corrected chi connectivity index (χ3v) is 4.74. The zero-order valence-electron chi connectivity index (χ0n) is 16.8. The number of aromatic nitrogens is 1. The summed E-state index contributed by atoms with van der Waals surface area (Å²) < 4.78 is 14.5. The molecule has 3 N–H and O–H groups in total. The fourth-order valence-corrected chi connectivity index (χ4v) is 3.17. The molecule has 1 saturated heterocycles. The Morgan fingerprint density at radius 1 is 1.09 bits per heavy atom. The van der Waals surface area contributed by atoms with Crippen LogP contribution < -0.4 is 11.1 Å². The zero-order chi connectivity index (χ0) is 22.5. The fraction of sp³-hybridized carbons (Fsp3) is 0.130. The maximum Gasteiger partial charge on any atom is 0.511 e. The van der Waals surface area contributed by atoms with E-state index in [1.165, 1.54) is 0 Å². The van der Waals surface area contributed by atoms with E-state index in [2.05, 4.69) is 15.0 Å². The molecule has 1 fully saturated rings. The molecule has 0 spiro atoms. The van der Waals surface area contributed by atoms with Gasteiger partial charge in [0.05, 0.1) is 5.56 Å². The van der Waals surface area contributed by atoms with Crippen molar-refractivity contribution in [2.75, 3.05) is 11.9 Å². The van der Waals surface area contributed by atoms with Crippen LogP contribution in [0.4, 0.5) is 10.5 Å². The summed E-state index contributed by atoms with van der Waals surface area (Å²) >= 11 is 0. The Labute approximate surface area is 183 Å². The van der Waals surface area contributed by atoms with Gasteiger partial charge < -0.3 is 25.3 Å². The van der Waals surface area contributed by atoms with E-state index in [1.807, 2.05) is 0 Å². The van der Waals surface area contributed by atoms with Gasteiger partial charge in [0.1, 0.15) is 0 Å². The number of hydrogen-bond donors (Lipinski definition) is 2. The van der Waals surface area contributed by atoms with E-state index in [-0.39, 0.29) is 24.6 Å². The molecule has 3 aromatic rings. The number of anilines is 1. The first-order valence-corrected chi connectivity index (χ1v) is 9.72. The van der Waals surface area contributed by atoms with Crippen molar-refractivity contribution in [3.63, 3.8) is 0 Å². The first-order valence-electron chi connectivity index (χ1n) is 9.72. The van der Waals surface area contributed by atoms with E-state index in [1.54, 1.807) is 67.0 Å². The highest BCUT2D eigenvalue weighted by molar-refractivity contribution is 6.05. The molecule has 1 atom stereocenters. The number of carbonyl (C=O) groups is 3. The lowest BCUT2D eigenvalue weighted by molar-refractivity contribution is -0.0464. The molecular formula is C23H19N3O6. The summed E-state index contributed by atoms with van der Waals surface area (Å²) in [5.41, 5.74) is 9.38. The van der Waals surface area contributed by atoms with Gasteiger partial charge in [0.2, 0.25) is 0 Å². The predicted molar refractivity (Wildman–Crippen MR) is 114 cm³/mol. The molecule has 1 aliphatic heterocycles. The third-order valence-electron chi connectivity index (χ3n) is 4.74. The Hall–Kier alpha value is -4.24. The van der Waals surface area contributed by atoms with Gasteiger partial charge in [-0.1, -0.05) is 18.2 Å². The van der Waals surface area contributed by atoms with Crippen molar-refractivity contribution < 1.29 is 28.6 Å². The van der Waals surface area contributed by atoms with E-state index in [9.17, 15) is 14.4 Å². The van der Waals surface area contributed by atoms with Crippen LogP contribution in [0, 0.1) is 0 Å². The Bertz CT molecular complexity index is 1170. The molecule has 162 valence electrons. The van der Waals surface area contributed by atoms with Crippen molar-refractivity contribution in [1.82, 2.24) is 4.98 Å². The highest BCUT2D eigenvalue weighted by Gasteiger charge is 2.28. The molecule has 9 heteroatoms. The second kappa shape index (κ2) is 9.27. The van der Waals surface area contributed by atoms with Crippen LogP contribution in [0.5, 0.6) is 0 Å². The minimum atomic E-state index is -1.08. The van der Waals surface area contributed by atoms with Gasteiger partial charge in [-0.15, -0.1) is 0 Å². The first-order chi connectivity index (χ1) is 15.5. The molecule has 0 saturated carbocycles. The van der Waals surface area contributed by atoms with Crippen molar-refractivity contribution in [3.05, 3.63) is 83.7 Å². The number of nitrogens with two attached hydrogens (primary N) is 1. The molecule has 0 bridgehead atoms. The summed E-state index contributed by atoms with van der Waals surface area (Å²) in [6, 6.07) is 15.2. The van der Waals surface area contributed by atoms with Crippen LogP contribution in [0.3, 0.4) is 0 Å². The molecular weight excluding hydrogens is 414 g/mol. The molecule has 1 amide bonds. The van der Waals surface area contributed by atoms with Crippen LogP contribution >= 0.6 is 0 Å². The maximum absolute atomic E-state index is 12.7. The fourth-order valence-electron chi connectivity index (χ4n) is 3.17. The van der Waals surface area contributed by atoms with E-state index in [0.29, 0.717) is 22.4 Å². The number of amides is 1. The lowest BCUT2D eigenvalue weighted by Gasteiger charge is -2.13. The van der Waals surface area contributed by atoms with Gasteiger partial charge in [-0.05, 0) is 53.1 Å². The maximum atomic E-state index is 12.7. The van der Waals surface area contributed by atoms with E-state index in [0.717, 1.165) is 5.56 Å². The summed E-state index contributed by atoms with van der Waals surface area (Å²) in [6.07, 6.45) is 1.20. The monoisotopic (exact) mass is 433 g/mol. The minimum absolute atomic E-state index is 0.157. The van der Waals surface area contributed by atoms with Crippen LogP contribution in [-0.4, -0.2) is 35.9 Å². The molecule has 2 aromatic carbocycles. The second-order valence-corrected chi connectivity index (χ2v) is 6.86. The van der Waals surface area contributed by atoms with Crippen molar-refractivity contribution in [3.8, 4) is 11.1 Å². The second-order valence-electron chi connectivity index (χ2n) is 6.86. The Kier molecular flexibility index (Phi) is 6.09. The molecule has 1 aliphatic rings. The number of nitrogens with one attached hydrogen (secondary N) is 1. The summed E-state index contributed by atoms with van der Waals surface area (Å²) in [4.78, 5) is 40.1. The topological polar surface area (TPSA) is 130 Å². The lowest BCUT2D eigenvalue weighted by atomic mass is 9.95. The van der Waals surface area contributed by atoms with Gasteiger partial charge in [0.25, 0.3) is 12.2 Å². The highest BCUT2D eigenvalue weighted by atomic mass is 16.8. The van der Waals surface area contributed by atoms with Crippen LogP contribution in [0.2, 0.25) is 0 Å². The number of nitrogens with zero attached hydrogens (tertiary/aromatic N) is 1. The van der Waals surface area contributed by atoms with Gasteiger partial charge in [0.15, 0.2) is 6.61 Å². The molecule has 0 radical (unpaired) electrons. The van der Waals surface area contributed by atoms with Gasteiger partial charge in [-0.3, -0.25) is 9.78 Å². The molecule has 1 aromatic heterocycles. The van der Waals surface area contributed by atoms with E-state index >= 15 is 0 Å². The Morgan fingerprint density at radius 3 is 2.62 bits per heavy atom. The normalized spacial score (nSPS) is 14.9. The molecule has 32 heavy (non-hydrogen) atoms. The standard InChI is InChI=1S/C23H19N3O6/c24-12-17-5-4-15(21(27)26-18-6-8-25-9-7-18)11-19(17)14-2-1-3-16(10-14)22(28)31-20-13-30-23(29)32-20/h1-11,20H,12-13,24H2,(H,25,26,27). The number of cyclic esters (lactones) is 2. The van der Waals surface area contributed by atoms with Crippen LogP contribution in [-0.2, 0) is 20.8 Å². The summed E-state index contributed by atoms with van der Waals surface area (Å²) in [5.74, 6) is -0.962. The van der Waals surface area contributed by atoms with Crippen LogP contribution in [0.1, 0.15) is 26.3 Å². The predicted octanol–water partition coefficient (Wildman–Crippen LogP) is 3.11. The average Bonchev–Trinajstić information content (AvgIpc) is 3.23. The average molecular weight is 433 g/mol. The number of ether oxygens (including phenoxy) is 3. The van der Waals surface area contributed by atoms with Crippen LogP contribution in [0.25, 0.3) is 11.1 Å². The lowest BCUT2D eigenvalue weighted by Crippen LogP contribution is -2.20. The number of rotatable bonds is 6. The van der Waals surface area contributed by atoms with Gasteiger partial charge in [0, 0.05) is 30.2 Å².